The van der Waals surface area contributed by atoms with E-state index >= 15 is 0 Å². The van der Waals surface area contributed by atoms with E-state index in [-0.39, 0.29) is 0 Å². The molecule has 2 nitrogen and oxygen atoms in total. The predicted molar refractivity (Wildman–Crippen MR) is 90.1 cm³/mol. The van der Waals surface area contributed by atoms with Gasteiger partial charge in [-0.05, 0) is 42.9 Å². The molecule has 1 aliphatic carbocycles. The van der Waals surface area contributed by atoms with Crippen molar-refractivity contribution in [2.24, 2.45) is 10.4 Å². The molecule has 4 heteroatoms. The van der Waals surface area contributed by atoms with Crippen LogP contribution < -0.4 is 5.32 Å². The standard InChI is InChI=1S/C16H21ClN2S/c1-12-13(17)6-5-7-14(12)19-15-18-10-16(11-20-15)8-3-2-4-9-16/h5-7H,2-4,8-11H2,1H3,(H,18,19). The first kappa shape index (κ1) is 14.3. The topological polar surface area (TPSA) is 24.4 Å². The molecule has 0 saturated heterocycles. The summed E-state index contributed by atoms with van der Waals surface area (Å²) in [5.74, 6) is 1.21. The van der Waals surface area contributed by atoms with Crippen LogP contribution in [0.2, 0.25) is 5.02 Å². The van der Waals surface area contributed by atoms with E-state index in [4.69, 9.17) is 16.6 Å². The van der Waals surface area contributed by atoms with Crippen LogP contribution in [0.15, 0.2) is 23.2 Å². The number of anilines is 1. The Morgan fingerprint density at radius 2 is 2.05 bits per heavy atom. The van der Waals surface area contributed by atoms with E-state index in [0.717, 1.165) is 28.0 Å². The third kappa shape index (κ3) is 2.99. The number of halogens is 1. The maximum absolute atomic E-state index is 6.16. The number of nitrogens with zero attached hydrogens (tertiary/aromatic N) is 1. The minimum atomic E-state index is 0.484. The van der Waals surface area contributed by atoms with Crippen molar-refractivity contribution in [1.82, 2.24) is 0 Å². The fourth-order valence-corrected chi connectivity index (χ4v) is 4.43. The van der Waals surface area contributed by atoms with Gasteiger partial charge in [0, 0.05) is 23.0 Å². The number of amidine groups is 1. The largest absolute Gasteiger partial charge is 0.335 e. The number of nitrogens with one attached hydrogen (secondary N) is 1. The van der Waals surface area contributed by atoms with Crippen LogP contribution in [-0.2, 0) is 0 Å². The Hall–Kier alpha value is -0.670. The second kappa shape index (κ2) is 5.98. The summed E-state index contributed by atoms with van der Waals surface area (Å²) < 4.78 is 0. The second-order valence-corrected chi connectivity index (χ2v) is 7.38. The molecule has 0 atom stereocenters. The molecule has 1 N–H and O–H groups in total. The van der Waals surface area contributed by atoms with Gasteiger partial charge in [0.25, 0.3) is 0 Å². The van der Waals surface area contributed by atoms with Gasteiger partial charge in [0.05, 0.1) is 0 Å². The predicted octanol–water partition coefficient (Wildman–Crippen LogP) is 5.11. The van der Waals surface area contributed by atoms with E-state index < -0.39 is 0 Å². The van der Waals surface area contributed by atoms with Crippen molar-refractivity contribution in [3.8, 4) is 0 Å². The van der Waals surface area contributed by atoms with Crippen LogP contribution in [0.5, 0.6) is 0 Å². The summed E-state index contributed by atoms with van der Waals surface area (Å²) in [6, 6.07) is 5.97. The van der Waals surface area contributed by atoms with Crippen molar-refractivity contribution < 1.29 is 0 Å². The van der Waals surface area contributed by atoms with E-state index in [2.05, 4.69) is 11.4 Å². The fraction of sp³-hybridized carbons (Fsp3) is 0.562. The van der Waals surface area contributed by atoms with E-state index in [1.807, 2.05) is 30.8 Å². The first-order valence-electron chi connectivity index (χ1n) is 7.38. The number of thioether (sulfide) groups is 1. The highest BCUT2D eigenvalue weighted by molar-refractivity contribution is 8.14. The summed E-state index contributed by atoms with van der Waals surface area (Å²) in [5.41, 5.74) is 2.65. The zero-order chi connectivity index (χ0) is 14.0. The molecule has 0 bridgehead atoms. The molecular weight excluding hydrogens is 288 g/mol. The summed E-state index contributed by atoms with van der Waals surface area (Å²) in [7, 11) is 0. The highest BCUT2D eigenvalue weighted by Gasteiger charge is 2.34. The lowest BCUT2D eigenvalue weighted by molar-refractivity contribution is 0.232. The van der Waals surface area contributed by atoms with Gasteiger partial charge in [0.2, 0.25) is 0 Å². The average molecular weight is 309 g/mol. The van der Waals surface area contributed by atoms with Gasteiger partial charge in [-0.25, -0.2) is 0 Å². The summed E-state index contributed by atoms with van der Waals surface area (Å²) >= 11 is 8.04. The van der Waals surface area contributed by atoms with Gasteiger partial charge in [-0.3, -0.25) is 4.99 Å². The molecule has 1 fully saturated rings. The van der Waals surface area contributed by atoms with Crippen molar-refractivity contribution in [3.05, 3.63) is 28.8 Å². The molecule has 1 aromatic rings. The molecule has 0 radical (unpaired) electrons. The van der Waals surface area contributed by atoms with Crippen LogP contribution in [0.3, 0.4) is 0 Å². The Bertz CT molecular complexity index is 521. The zero-order valence-corrected chi connectivity index (χ0v) is 13.5. The fourth-order valence-electron chi connectivity index (χ4n) is 3.09. The van der Waals surface area contributed by atoms with Gasteiger partial charge < -0.3 is 5.32 Å². The van der Waals surface area contributed by atoms with Crippen LogP contribution in [0.1, 0.15) is 37.7 Å². The van der Waals surface area contributed by atoms with E-state index in [0.29, 0.717) is 5.41 Å². The molecule has 1 aliphatic heterocycles. The Kier molecular flexibility index (Phi) is 4.27. The SMILES string of the molecule is Cc1c(Cl)cccc1NC1=NCC2(CCCCC2)CS1. The number of hydrogen-bond donors (Lipinski definition) is 1. The Balaban J connectivity index is 1.69. The molecule has 1 spiro atoms. The Morgan fingerprint density at radius 3 is 2.75 bits per heavy atom. The molecule has 0 amide bonds. The first-order valence-corrected chi connectivity index (χ1v) is 8.74. The minimum Gasteiger partial charge on any atom is -0.335 e. The molecule has 1 heterocycles. The summed E-state index contributed by atoms with van der Waals surface area (Å²) in [6.45, 7) is 3.03. The highest BCUT2D eigenvalue weighted by atomic mass is 35.5. The van der Waals surface area contributed by atoms with Crippen molar-refractivity contribution in [1.29, 1.82) is 0 Å². The third-order valence-electron chi connectivity index (χ3n) is 4.50. The lowest BCUT2D eigenvalue weighted by Gasteiger charge is -2.38. The molecule has 1 saturated carbocycles. The van der Waals surface area contributed by atoms with Crippen LogP contribution in [-0.4, -0.2) is 17.5 Å². The molecular formula is C16H21ClN2S. The second-order valence-electron chi connectivity index (χ2n) is 6.01. The molecule has 2 aliphatic rings. The molecule has 0 aromatic heterocycles. The lowest BCUT2D eigenvalue weighted by atomic mass is 9.75. The monoisotopic (exact) mass is 308 g/mol. The van der Waals surface area contributed by atoms with Gasteiger partial charge in [-0.1, -0.05) is 48.7 Å². The van der Waals surface area contributed by atoms with Gasteiger partial charge in [-0.2, -0.15) is 0 Å². The summed E-state index contributed by atoms with van der Waals surface area (Å²) in [4.78, 5) is 4.80. The summed E-state index contributed by atoms with van der Waals surface area (Å²) in [5, 5.41) is 5.29. The highest BCUT2D eigenvalue weighted by Crippen LogP contribution is 2.42. The van der Waals surface area contributed by atoms with E-state index in [1.165, 1.54) is 37.9 Å². The van der Waals surface area contributed by atoms with Gasteiger partial charge in [-0.15, -0.1) is 0 Å². The summed E-state index contributed by atoms with van der Waals surface area (Å²) in [6.07, 6.45) is 6.88. The number of benzene rings is 1. The van der Waals surface area contributed by atoms with Crippen molar-refractivity contribution >= 4 is 34.2 Å². The zero-order valence-electron chi connectivity index (χ0n) is 11.9. The maximum atomic E-state index is 6.16. The number of rotatable bonds is 1. The van der Waals surface area contributed by atoms with Crippen LogP contribution >= 0.6 is 23.4 Å². The van der Waals surface area contributed by atoms with E-state index in [1.54, 1.807) is 0 Å². The maximum Gasteiger partial charge on any atom is 0.161 e. The van der Waals surface area contributed by atoms with Crippen molar-refractivity contribution in [2.75, 3.05) is 17.6 Å². The van der Waals surface area contributed by atoms with Crippen LogP contribution in [0, 0.1) is 12.3 Å². The van der Waals surface area contributed by atoms with Gasteiger partial charge >= 0.3 is 0 Å². The van der Waals surface area contributed by atoms with Gasteiger partial charge in [0.15, 0.2) is 5.17 Å². The quantitative estimate of drug-likeness (QED) is 0.779. The number of aliphatic imine (C=N–C) groups is 1. The Labute approximate surface area is 130 Å². The first-order chi connectivity index (χ1) is 9.69. The van der Waals surface area contributed by atoms with Crippen molar-refractivity contribution in [3.63, 3.8) is 0 Å². The third-order valence-corrected chi connectivity index (χ3v) is 6.17. The molecule has 20 heavy (non-hydrogen) atoms. The molecule has 0 unspecified atom stereocenters. The van der Waals surface area contributed by atoms with E-state index in [9.17, 15) is 0 Å². The molecule has 1 aromatic carbocycles. The normalized spacial score (nSPS) is 21.6. The Morgan fingerprint density at radius 1 is 1.25 bits per heavy atom. The van der Waals surface area contributed by atoms with Crippen LogP contribution in [0.25, 0.3) is 0 Å². The molecule has 3 rings (SSSR count). The minimum absolute atomic E-state index is 0.484. The molecule has 108 valence electrons. The van der Waals surface area contributed by atoms with Gasteiger partial charge in [0.1, 0.15) is 0 Å². The van der Waals surface area contributed by atoms with Crippen LogP contribution in [0.4, 0.5) is 5.69 Å². The lowest BCUT2D eigenvalue weighted by Crippen LogP contribution is -2.35. The van der Waals surface area contributed by atoms with Crippen molar-refractivity contribution in [2.45, 2.75) is 39.0 Å². The number of hydrogen-bond acceptors (Lipinski definition) is 3. The average Bonchev–Trinajstić information content (AvgIpc) is 2.47. The smallest absolute Gasteiger partial charge is 0.161 e.